The van der Waals surface area contributed by atoms with Gasteiger partial charge in [-0.25, -0.2) is 9.18 Å². The summed E-state index contributed by atoms with van der Waals surface area (Å²) in [4.78, 5) is 26.9. The van der Waals surface area contributed by atoms with Gasteiger partial charge in [-0.2, -0.15) is 13.9 Å². The zero-order valence-electron chi connectivity index (χ0n) is 21.4. The molecule has 1 saturated heterocycles. The van der Waals surface area contributed by atoms with Gasteiger partial charge in [-0.1, -0.05) is 42.8 Å². The van der Waals surface area contributed by atoms with Crippen molar-refractivity contribution >= 4 is 35.1 Å². The average Bonchev–Trinajstić information content (AvgIpc) is 3.36. The molecule has 9 nitrogen and oxygen atoms in total. The van der Waals surface area contributed by atoms with Gasteiger partial charge in [0.1, 0.15) is 0 Å². The van der Waals surface area contributed by atoms with Crippen molar-refractivity contribution in [3.63, 3.8) is 0 Å². The number of aromatic nitrogens is 2. The number of rotatable bonds is 8. The molecule has 210 valence electrons. The van der Waals surface area contributed by atoms with Crippen LogP contribution in [-0.4, -0.2) is 41.3 Å². The van der Waals surface area contributed by atoms with E-state index in [0.29, 0.717) is 23.6 Å². The average molecular weight is 575 g/mol. The second-order valence-corrected chi connectivity index (χ2v) is 10.1. The summed E-state index contributed by atoms with van der Waals surface area (Å²) >= 11 is 6.02. The maximum absolute atomic E-state index is 15.1. The van der Waals surface area contributed by atoms with Crippen molar-refractivity contribution in [1.29, 1.82) is 0 Å². The van der Waals surface area contributed by atoms with Gasteiger partial charge >= 0.3 is 12.1 Å². The number of alkyl halides is 2. The maximum atomic E-state index is 15.1. The number of halogens is 4. The Morgan fingerprint density at radius 1 is 1.20 bits per heavy atom. The highest BCUT2D eigenvalue weighted by atomic mass is 35.5. The van der Waals surface area contributed by atoms with Crippen molar-refractivity contribution in [2.75, 3.05) is 23.3 Å². The number of hydrogen-bond donors (Lipinski definition) is 3. The smallest absolute Gasteiger partial charge is 0.412 e. The van der Waals surface area contributed by atoms with Gasteiger partial charge in [-0.05, 0) is 29.3 Å². The van der Waals surface area contributed by atoms with Crippen molar-refractivity contribution in [2.24, 2.45) is 0 Å². The van der Waals surface area contributed by atoms with Crippen LogP contribution in [0.1, 0.15) is 46.8 Å². The number of ether oxygens (including phenoxy) is 1. The summed E-state index contributed by atoms with van der Waals surface area (Å²) in [6, 6.07) is 8.49. The molecule has 1 spiro atoms. The molecular weight excluding hydrogens is 549 g/mol. The lowest BCUT2D eigenvalue weighted by atomic mass is 9.89. The van der Waals surface area contributed by atoms with Crippen molar-refractivity contribution in [3.05, 3.63) is 81.8 Å². The molecular formula is C27H26ClF3N6O3. The normalized spacial score (nSPS) is 18.3. The van der Waals surface area contributed by atoms with Crippen LogP contribution in [-0.2, 0) is 23.4 Å². The summed E-state index contributed by atoms with van der Waals surface area (Å²) in [6.45, 7) is 2.10. The van der Waals surface area contributed by atoms with Crippen LogP contribution in [0.4, 0.5) is 29.5 Å². The first kappa shape index (κ1) is 27.7. The molecule has 3 N–H and O–H groups in total. The molecule has 40 heavy (non-hydrogen) atoms. The molecule has 0 aliphatic carbocycles. The molecule has 0 bridgehead atoms. The molecule has 2 aromatic carbocycles. The van der Waals surface area contributed by atoms with E-state index in [4.69, 9.17) is 16.3 Å². The fraction of sp³-hybridized carbons (Fsp3) is 0.333. The number of carbonyl (C=O) groups excluding carboxylic acids is 2. The zero-order valence-corrected chi connectivity index (χ0v) is 22.2. The molecule has 0 unspecified atom stereocenters. The number of nitrogens with zero attached hydrogens (tertiary/aromatic N) is 3. The minimum atomic E-state index is -2.92. The van der Waals surface area contributed by atoms with Crippen molar-refractivity contribution in [2.45, 2.75) is 44.5 Å². The lowest BCUT2D eigenvalue weighted by Crippen LogP contribution is -2.42. The van der Waals surface area contributed by atoms with Gasteiger partial charge in [-0.3, -0.25) is 15.4 Å². The number of carbonyl (C=O) groups is 2. The van der Waals surface area contributed by atoms with Crippen molar-refractivity contribution in [1.82, 2.24) is 20.8 Å². The monoisotopic (exact) mass is 574 g/mol. The SMILES string of the molecule is CCC(F)(F)NCc1ccc(CNC(=O)c2cnnc(N3CC[C@]4(C3)OC(=O)Nc3ccc(Cl)c(F)c34)c2)cc1. The molecule has 3 aromatic rings. The largest absolute Gasteiger partial charge is 0.436 e. The first-order valence-corrected chi connectivity index (χ1v) is 13.0. The van der Waals surface area contributed by atoms with Gasteiger partial charge in [0.05, 0.1) is 34.6 Å². The highest BCUT2D eigenvalue weighted by molar-refractivity contribution is 6.31. The van der Waals surface area contributed by atoms with Crippen LogP contribution in [0.15, 0.2) is 48.7 Å². The van der Waals surface area contributed by atoms with Crippen LogP contribution < -0.4 is 20.9 Å². The first-order valence-electron chi connectivity index (χ1n) is 12.6. The van der Waals surface area contributed by atoms with E-state index in [0.717, 1.165) is 5.56 Å². The van der Waals surface area contributed by atoms with Crippen LogP contribution in [0, 0.1) is 5.82 Å². The van der Waals surface area contributed by atoms with Crippen LogP contribution in [0.3, 0.4) is 0 Å². The summed E-state index contributed by atoms with van der Waals surface area (Å²) in [5, 5.41) is 15.5. The predicted molar refractivity (Wildman–Crippen MR) is 142 cm³/mol. The minimum Gasteiger partial charge on any atom is -0.436 e. The Labute approximate surface area is 233 Å². The topological polar surface area (TPSA) is 108 Å². The standard InChI is InChI=1S/C27H26ClF3N6O3/c1-2-27(30,31)33-13-17-5-3-16(4-6-17)12-32-24(38)18-11-21(36-34-14-18)37-10-9-26(15-37)22-20(35-25(39)40-26)8-7-19(28)23(22)29/h3-8,11,14,33H,2,9-10,12-13,15H2,1H3,(H,32,38)(H,35,39)/t26-/m1/s1. The molecule has 1 aromatic heterocycles. The third kappa shape index (κ3) is 5.68. The molecule has 2 amide bonds. The number of fused-ring (bicyclic) bond motifs is 2. The number of hydrogen-bond acceptors (Lipinski definition) is 7. The number of anilines is 2. The minimum absolute atomic E-state index is 0.0255. The van der Waals surface area contributed by atoms with Crippen LogP contribution >= 0.6 is 11.6 Å². The molecule has 13 heteroatoms. The lowest BCUT2D eigenvalue weighted by molar-refractivity contribution is -0.0399. The van der Waals surface area contributed by atoms with E-state index in [9.17, 15) is 18.4 Å². The van der Waals surface area contributed by atoms with Gasteiger partial charge in [0.25, 0.3) is 5.91 Å². The lowest BCUT2D eigenvalue weighted by Gasteiger charge is -2.35. The van der Waals surface area contributed by atoms with E-state index in [1.807, 2.05) is 0 Å². The summed E-state index contributed by atoms with van der Waals surface area (Å²) < 4.78 is 47.5. The Morgan fingerprint density at radius 2 is 1.93 bits per heavy atom. The highest BCUT2D eigenvalue weighted by Gasteiger charge is 2.50. The highest BCUT2D eigenvalue weighted by Crippen LogP contribution is 2.46. The maximum Gasteiger partial charge on any atom is 0.412 e. The van der Waals surface area contributed by atoms with E-state index in [2.05, 4.69) is 26.1 Å². The Hall–Kier alpha value is -3.90. The molecule has 3 heterocycles. The fourth-order valence-electron chi connectivity index (χ4n) is 4.78. The summed E-state index contributed by atoms with van der Waals surface area (Å²) in [7, 11) is 0. The Bertz CT molecular complexity index is 1440. The zero-order chi connectivity index (χ0) is 28.5. The second-order valence-electron chi connectivity index (χ2n) is 9.68. The second kappa shape index (κ2) is 10.9. The van der Waals surface area contributed by atoms with Gasteiger partial charge in [0.2, 0.25) is 0 Å². The molecule has 1 fully saturated rings. The molecule has 0 saturated carbocycles. The third-order valence-corrected chi connectivity index (χ3v) is 7.30. The Morgan fingerprint density at radius 3 is 2.65 bits per heavy atom. The van der Waals surface area contributed by atoms with Gasteiger partial charge in [-0.15, -0.1) is 5.10 Å². The van der Waals surface area contributed by atoms with E-state index in [-0.39, 0.29) is 48.6 Å². The fourth-order valence-corrected chi connectivity index (χ4v) is 4.94. The van der Waals surface area contributed by atoms with Gasteiger partial charge < -0.3 is 15.0 Å². The quantitative estimate of drug-likeness (QED) is 0.326. The summed E-state index contributed by atoms with van der Waals surface area (Å²) in [5.41, 5.74) is 0.924. The van der Waals surface area contributed by atoms with E-state index < -0.39 is 29.5 Å². The van der Waals surface area contributed by atoms with Crippen LogP contribution in [0.5, 0.6) is 0 Å². The van der Waals surface area contributed by atoms with Gasteiger partial charge in [0.15, 0.2) is 17.2 Å². The number of nitrogens with one attached hydrogen (secondary N) is 3. The van der Waals surface area contributed by atoms with E-state index in [1.54, 1.807) is 35.2 Å². The molecule has 2 aliphatic rings. The van der Waals surface area contributed by atoms with Crippen LogP contribution in [0.25, 0.3) is 0 Å². The number of amides is 2. The van der Waals surface area contributed by atoms with Gasteiger partial charge in [0, 0.05) is 32.5 Å². The Balaban J connectivity index is 1.24. The summed E-state index contributed by atoms with van der Waals surface area (Å²) in [5.74, 6) is -0.692. The van der Waals surface area contributed by atoms with Crippen molar-refractivity contribution < 1.29 is 27.5 Å². The van der Waals surface area contributed by atoms with E-state index in [1.165, 1.54) is 25.3 Å². The molecule has 1 atom stereocenters. The molecule has 2 aliphatic heterocycles. The van der Waals surface area contributed by atoms with Crippen LogP contribution in [0.2, 0.25) is 5.02 Å². The van der Waals surface area contributed by atoms with Crippen molar-refractivity contribution in [3.8, 4) is 0 Å². The Kier molecular flexibility index (Phi) is 7.56. The summed E-state index contributed by atoms with van der Waals surface area (Å²) in [6.07, 6.45) is 0.614. The molecule has 5 rings (SSSR count). The third-order valence-electron chi connectivity index (χ3n) is 7.01. The first-order chi connectivity index (χ1) is 19.1. The van der Waals surface area contributed by atoms with E-state index >= 15 is 4.39 Å². The number of benzene rings is 2. The molecule has 0 radical (unpaired) electrons. The predicted octanol–water partition coefficient (Wildman–Crippen LogP) is 4.96.